The molecule has 2 amide bonds. The first kappa shape index (κ1) is 20.5. The van der Waals surface area contributed by atoms with Crippen molar-refractivity contribution in [1.29, 1.82) is 0 Å². The Hall–Kier alpha value is -2.76. The quantitative estimate of drug-likeness (QED) is 0.797. The van der Waals surface area contributed by atoms with Gasteiger partial charge in [0.15, 0.2) is 0 Å². The van der Waals surface area contributed by atoms with Crippen LogP contribution in [0.5, 0.6) is 0 Å². The highest BCUT2D eigenvalue weighted by atomic mass is 19.1. The predicted octanol–water partition coefficient (Wildman–Crippen LogP) is 4.28. The lowest BCUT2D eigenvalue weighted by Crippen LogP contribution is -2.47. The van der Waals surface area contributed by atoms with Gasteiger partial charge in [0.05, 0.1) is 12.0 Å². The fraction of sp³-hybridized carbons (Fsp3) is 0.417. The lowest BCUT2D eigenvalue weighted by molar-refractivity contribution is -0.140. The number of benzene rings is 2. The van der Waals surface area contributed by atoms with Crippen LogP contribution in [-0.4, -0.2) is 23.3 Å². The smallest absolute Gasteiger partial charge is 0.226 e. The van der Waals surface area contributed by atoms with Crippen LogP contribution < -0.4 is 5.32 Å². The van der Waals surface area contributed by atoms with Gasteiger partial charge in [-0.15, -0.1) is 0 Å². The molecule has 2 fully saturated rings. The second-order valence-corrected chi connectivity index (χ2v) is 8.37. The van der Waals surface area contributed by atoms with Crippen molar-refractivity contribution >= 4 is 11.8 Å². The number of carbonyl (C=O) groups excluding carboxylic acids is 2. The number of likely N-dealkylation sites (tertiary alicyclic amines) is 1. The molecule has 1 heterocycles. The Labute approximate surface area is 175 Å². The number of halogens is 2. The molecule has 1 aliphatic carbocycles. The molecule has 1 aliphatic heterocycles. The highest BCUT2D eigenvalue weighted by Gasteiger charge is 2.41. The molecule has 30 heavy (non-hydrogen) atoms. The first-order valence-electron chi connectivity index (χ1n) is 10.5. The number of amides is 2. The van der Waals surface area contributed by atoms with Gasteiger partial charge >= 0.3 is 0 Å². The van der Waals surface area contributed by atoms with Crippen molar-refractivity contribution in [3.63, 3.8) is 0 Å². The lowest BCUT2D eigenvalue weighted by atomic mass is 9.87. The van der Waals surface area contributed by atoms with Gasteiger partial charge in [-0.05, 0) is 55.9 Å². The van der Waals surface area contributed by atoms with Gasteiger partial charge in [-0.1, -0.05) is 30.3 Å². The van der Waals surface area contributed by atoms with E-state index in [2.05, 4.69) is 5.32 Å². The molecule has 2 aromatic rings. The van der Waals surface area contributed by atoms with Crippen LogP contribution in [0.1, 0.15) is 48.4 Å². The van der Waals surface area contributed by atoms with Crippen LogP contribution >= 0.6 is 0 Å². The van der Waals surface area contributed by atoms with Gasteiger partial charge in [0.25, 0.3) is 0 Å². The van der Waals surface area contributed by atoms with E-state index >= 15 is 0 Å². The third kappa shape index (κ3) is 4.37. The van der Waals surface area contributed by atoms with Crippen LogP contribution in [0.2, 0.25) is 0 Å². The number of piperidine rings is 1. The second kappa shape index (κ2) is 8.54. The fourth-order valence-corrected chi connectivity index (χ4v) is 4.18. The molecule has 1 saturated carbocycles. The van der Waals surface area contributed by atoms with E-state index in [1.165, 1.54) is 12.1 Å². The topological polar surface area (TPSA) is 49.4 Å². The molecule has 4 rings (SSSR count). The monoisotopic (exact) mass is 412 g/mol. The zero-order valence-corrected chi connectivity index (χ0v) is 17.0. The fourth-order valence-electron chi connectivity index (χ4n) is 4.18. The second-order valence-electron chi connectivity index (χ2n) is 8.37. The summed E-state index contributed by atoms with van der Waals surface area (Å²) in [6.07, 6.45) is 3.03. The molecule has 158 valence electrons. The molecule has 1 N–H and O–H groups in total. The average molecular weight is 412 g/mol. The van der Waals surface area contributed by atoms with Gasteiger partial charge in [0, 0.05) is 24.6 Å². The van der Waals surface area contributed by atoms with Crippen molar-refractivity contribution in [3.8, 4) is 0 Å². The maximum absolute atomic E-state index is 13.8. The number of hydrogen-bond donors (Lipinski definition) is 1. The summed E-state index contributed by atoms with van der Waals surface area (Å²) < 4.78 is 27.5. The maximum atomic E-state index is 13.8. The van der Waals surface area contributed by atoms with Crippen LogP contribution in [-0.2, 0) is 16.1 Å². The number of aryl methyl sites for hydroxylation is 1. The van der Waals surface area contributed by atoms with Gasteiger partial charge in [-0.25, -0.2) is 8.78 Å². The molecule has 1 saturated heterocycles. The predicted molar refractivity (Wildman–Crippen MR) is 109 cm³/mol. The van der Waals surface area contributed by atoms with Crippen molar-refractivity contribution in [1.82, 2.24) is 10.2 Å². The number of hydrogen-bond acceptors (Lipinski definition) is 2. The molecule has 6 heteroatoms. The Balaban J connectivity index is 1.47. The summed E-state index contributed by atoms with van der Waals surface area (Å²) >= 11 is 0. The summed E-state index contributed by atoms with van der Waals surface area (Å²) in [5.41, 5.74) is 1.90. The molecule has 2 aromatic carbocycles. The zero-order valence-electron chi connectivity index (χ0n) is 17.0. The summed E-state index contributed by atoms with van der Waals surface area (Å²) in [4.78, 5) is 27.5. The molecule has 0 unspecified atom stereocenters. The minimum absolute atomic E-state index is 0.0364. The van der Waals surface area contributed by atoms with Crippen molar-refractivity contribution < 1.29 is 18.4 Å². The first-order valence-corrected chi connectivity index (χ1v) is 10.5. The number of carbonyl (C=O) groups is 2. The molecule has 0 radical (unpaired) electrons. The largest absolute Gasteiger partial charge is 0.352 e. The molecule has 0 bridgehead atoms. The zero-order chi connectivity index (χ0) is 21.3. The van der Waals surface area contributed by atoms with Crippen LogP contribution in [0, 0.1) is 30.4 Å². The van der Waals surface area contributed by atoms with E-state index in [1.807, 2.05) is 0 Å². The van der Waals surface area contributed by atoms with E-state index < -0.39 is 0 Å². The van der Waals surface area contributed by atoms with Crippen LogP contribution in [0.25, 0.3) is 0 Å². The minimum Gasteiger partial charge on any atom is -0.352 e. The van der Waals surface area contributed by atoms with Crippen LogP contribution in [0.3, 0.4) is 0 Å². The first-order chi connectivity index (χ1) is 14.4. The summed E-state index contributed by atoms with van der Waals surface area (Å²) in [6, 6.07) is 11.2. The number of rotatable bonds is 5. The Bertz CT molecular complexity index is 958. The van der Waals surface area contributed by atoms with Crippen molar-refractivity contribution in [2.24, 2.45) is 11.8 Å². The van der Waals surface area contributed by atoms with Gasteiger partial charge in [-0.3, -0.25) is 9.59 Å². The van der Waals surface area contributed by atoms with Gasteiger partial charge < -0.3 is 10.2 Å². The van der Waals surface area contributed by atoms with Gasteiger partial charge in [0.1, 0.15) is 11.6 Å². The summed E-state index contributed by atoms with van der Waals surface area (Å²) in [5.74, 6) is -1.00. The Morgan fingerprint density at radius 1 is 1.00 bits per heavy atom. The molecule has 0 aromatic heterocycles. The normalized spacial score (nSPS) is 21.4. The van der Waals surface area contributed by atoms with Gasteiger partial charge in [0.2, 0.25) is 11.8 Å². The third-order valence-electron chi connectivity index (χ3n) is 6.14. The summed E-state index contributed by atoms with van der Waals surface area (Å²) in [5, 5.41) is 2.82. The van der Waals surface area contributed by atoms with E-state index in [4.69, 9.17) is 0 Å². The minimum atomic E-state index is -0.348. The SMILES string of the molecule is Cc1cc([C@H]2CC[C@@H](C(=O)NCc3ccccc3F)CN2C(=O)C2CC2)ccc1F. The third-order valence-corrected chi connectivity index (χ3v) is 6.14. The molecule has 2 atom stereocenters. The van der Waals surface area contributed by atoms with Crippen molar-refractivity contribution in [3.05, 3.63) is 70.8 Å². The highest BCUT2D eigenvalue weighted by molar-refractivity contribution is 5.84. The van der Waals surface area contributed by atoms with Gasteiger partial charge in [-0.2, -0.15) is 0 Å². The number of nitrogens with one attached hydrogen (secondary N) is 1. The van der Waals surface area contributed by atoms with E-state index in [-0.39, 0.29) is 47.9 Å². The Kier molecular flexibility index (Phi) is 5.84. The molecular formula is C24H26F2N2O2. The van der Waals surface area contributed by atoms with E-state index in [0.717, 1.165) is 18.4 Å². The van der Waals surface area contributed by atoms with E-state index in [1.54, 1.807) is 42.2 Å². The van der Waals surface area contributed by atoms with Crippen molar-refractivity contribution in [2.75, 3.05) is 6.54 Å². The summed E-state index contributed by atoms with van der Waals surface area (Å²) in [7, 11) is 0. The lowest BCUT2D eigenvalue weighted by Gasteiger charge is -2.40. The van der Waals surface area contributed by atoms with Crippen LogP contribution in [0.4, 0.5) is 8.78 Å². The average Bonchev–Trinajstić information content (AvgIpc) is 3.59. The molecule has 0 spiro atoms. The molecular weight excluding hydrogens is 386 g/mol. The summed E-state index contributed by atoms with van der Waals surface area (Å²) in [6.45, 7) is 2.17. The standard InChI is InChI=1S/C24H26F2N2O2/c1-15-12-17(8-10-20(15)25)22-11-9-19(14-28(22)24(30)16-6-7-16)23(29)27-13-18-4-2-3-5-21(18)26/h2-5,8,10,12,16,19,22H,6-7,9,11,13-14H2,1H3,(H,27,29)/t19-,22-/m1/s1. The van der Waals surface area contributed by atoms with Crippen molar-refractivity contribution in [2.45, 2.75) is 45.2 Å². The highest BCUT2D eigenvalue weighted by Crippen LogP contribution is 2.39. The molecule has 2 aliphatic rings. The Morgan fingerprint density at radius 3 is 2.43 bits per heavy atom. The van der Waals surface area contributed by atoms with E-state index in [9.17, 15) is 18.4 Å². The maximum Gasteiger partial charge on any atom is 0.226 e. The Morgan fingerprint density at radius 2 is 1.73 bits per heavy atom. The number of nitrogens with zero attached hydrogens (tertiary/aromatic N) is 1. The molecule has 4 nitrogen and oxygen atoms in total. The van der Waals surface area contributed by atoms with Crippen LogP contribution in [0.15, 0.2) is 42.5 Å². The van der Waals surface area contributed by atoms with E-state index in [0.29, 0.717) is 30.5 Å².